The van der Waals surface area contributed by atoms with E-state index in [-0.39, 0.29) is 17.5 Å². The van der Waals surface area contributed by atoms with Crippen LogP contribution in [0.15, 0.2) is 60.8 Å². The Morgan fingerprint density at radius 1 is 1.00 bits per heavy atom. The van der Waals surface area contributed by atoms with Crippen LogP contribution in [0.3, 0.4) is 0 Å². The molecule has 0 saturated carbocycles. The molecule has 126 valence electrons. The summed E-state index contributed by atoms with van der Waals surface area (Å²) >= 11 is 0. The van der Waals surface area contributed by atoms with Gasteiger partial charge in [0.15, 0.2) is 0 Å². The van der Waals surface area contributed by atoms with E-state index in [4.69, 9.17) is 5.73 Å². The molecular formula is C19H18N4O2. The van der Waals surface area contributed by atoms with Gasteiger partial charge >= 0.3 is 0 Å². The van der Waals surface area contributed by atoms with Crippen molar-refractivity contribution < 1.29 is 9.59 Å². The molecule has 25 heavy (non-hydrogen) atoms. The highest BCUT2D eigenvalue weighted by molar-refractivity contribution is 5.93. The largest absolute Gasteiger partial charge is 0.364 e. The number of imidazole rings is 1. The summed E-state index contributed by atoms with van der Waals surface area (Å²) in [7, 11) is 0. The molecule has 4 N–H and O–H groups in total. The quantitative estimate of drug-likeness (QED) is 0.646. The zero-order valence-electron chi connectivity index (χ0n) is 13.5. The second kappa shape index (κ2) is 7.44. The number of hydrogen-bond acceptors (Lipinski definition) is 3. The number of hydrogen-bond donors (Lipinski definition) is 3. The predicted molar refractivity (Wildman–Crippen MR) is 95.9 cm³/mol. The first-order chi connectivity index (χ1) is 12.1. The fraction of sp³-hybridized carbons (Fsp3) is 0.105. The van der Waals surface area contributed by atoms with Crippen LogP contribution in [0.25, 0.3) is 11.1 Å². The minimum absolute atomic E-state index is 0.159. The van der Waals surface area contributed by atoms with Crippen LogP contribution in [-0.2, 0) is 11.2 Å². The van der Waals surface area contributed by atoms with Gasteiger partial charge in [-0.15, -0.1) is 0 Å². The van der Waals surface area contributed by atoms with Gasteiger partial charge in [0, 0.05) is 6.42 Å². The molecule has 3 rings (SSSR count). The number of nitrogens with zero attached hydrogens (tertiary/aromatic N) is 1. The molecule has 1 heterocycles. The summed E-state index contributed by atoms with van der Waals surface area (Å²) in [6, 6.07) is 18.3. The molecule has 0 radical (unpaired) electrons. The lowest BCUT2D eigenvalue weighted by Crippen LogP contribution is -2.14. The van der Waals surface area contributed by atoms with E-state index < -0.39 is 5.91 Å². The Balaban J connectivity index is 1.54. The van der Waals surface area contributed by atoms with Gasteiger partial charge in [0.25, 0.3) is 5.91 Å². The van der Waals surface area contributed by atoms with Gasteiger partial charge in [0.2, 0.25) is 11.9 Å². The third kappa shape index (κ3) is 4.32. The summed E-state index contributed by atoms with van der Waals surface area (Å²) in [4.78, 5) is 29.5. The fourth-order valence-electron chi connectivity index (χ4n) is 2.46. The summed E-state index contributed by atoms with van der Waals surface area (Å²) in [5, 5.41) is 2.61. The number of rotatable bonds is 6. The molecule has 3 aromatic rings. The van der Waals surface area contributed by atoms with E-state index in [2.05, 4.69) is 27.4 Å². The Labute approximate surface area is 145 Å². The minimum atomic E-state index is -0.619. The van der Waals surface area contributed by atoms with E-state index in [1.165, 1.54) is 6.20 Å². The van der Waals surface area contributed by atoms with Crippen LogP contribution in [0, 0.1) is 0 Å². The maximum atomic E-state index is 12.0. The van der Waals surface area contributed by atoms with Crippen LogP contribution in [-0.4, -0.2) is 21.8 Å². The fourth-order valence-corrected chi connectivity index (χ4v) is 2.46. The van der Waals surface area contributed by atoms with Gasteiger partial charge in [0.1, 0.15) is 5.69 Å². The van der Waals surface area contributed by atoms with Gasteiger partial charge in [-0.05, 0) is 23.1 Å². The van der Waals surface area contributed by atoms with Gasteiger partial charge in [-0.3, -0.25) is 14.9 Å². The van der Waals surface area contributed by atoms with Gasteiger partial charge < -0.3 is 10.7 Å². The van der Waals surface area contributed by atoms with E-state index in [1.54, 1.807) is 0 Å². The van der Waals surface area contributed by atoms with E-state index in [9.17, 15) is 9.59 Å². The molecule has 0 bridgehead atoms. The number of nitrogens with one attached hydrogen (secondary N) is 2. The SMILES string of the molecule is NC(=O)c1cnc(NC(=O)CCc2ccc(-c3ccccc3)cc2)[nH]1. The number of carbonyl (C=O) groups excluding carboxylic acids is 2. The van der Waals surface area contributed by atoms with Crippen molar-refractivity contribution >= 4 is 17.8 Å². The smallest absolute Gasteiger partial charge is 0.266 e. The van der Waals surface area contributed by atoms with Crippen molar-refractivity contribution in [3.05, 3.63) is 72.1 Å². The average molecular weight is 334 g/mol. The van der Waals surface area contributed by atoms with Gasteiger partial charge in [-0.25, -0.2) is 4.98 Å². The molecule has 0 unspecified atom stereocenters. The molecule has 0 spiro atoms. The normalized spacial score (nSPS) is 10.4. The van der Waals surface area contributed by atoms with Crippen molar-refractivity contribution in [3.63, 3.8) is 0 Å². The Bertz CT molecular complexity index is 870. The van der Waals surface area contributed by atoms with E-state index in [0.717, 1.165) is 16.7 Å². The highest BCUT2D eigenvalue weighted by Crippen LogP contribution is 2.19. The standard InChI is InChI=1S/C19H18N4O2/c20-18(25)16-12-21-19(22-16)23-17(24)11-8-13-6-9-15(10-7-13)14-4-2-1-3-5-14/h1-7,9-10,12H,8,11H2,(H2,20,25)(H2,21,22,23,24). The first-order valence-electron chi connectivity index (χ1n) is 7.91. The molecule has 6 heteroatoms. The van der Waals surface area contributed by atoms with E-state index in [0.29, 0.717) is 12.8 Å². The van der Waals surface area contributed by atoms with Crippen LogP contribution in [0.5, 0.6) is 0 Å². The molecule has 1 aromatic heterocycles. The van der Waals surface area contributed by atoms with Crippen molar-refractivity contribution in [2.75, 3.05) is 5.32 Å². The molecule has 2 amide bonds. The van der Waals surface area contributed by atoms with Crippen LogP contribution in [0.2, 0.25) is 0 Å². The number of primary amides is 1. The lowest BCUT2D eigenvalue weighted by atomic mass is 10.0. The molecular weight excluding hydrogens is 316 g/mol. The number of aromatic amines is 1. The zero-order valence-corrected chi connectivity index (χ0v) is 13.5. The van der Waals surface area contributed by atoms with Gasteiger partial charge in [-0.1, -0.05) is 54.6 Å². The van der Waals surface area contributed by atoms with Crippen molar-refractivity contribution in [2.45, 2.75) is 12.8 Å². The molecule has 2 aromatic carbocycles. The second-order valence-electron chi connectivity index (χ2n) is 5.62. The number of aromatic nitrogens is 2. The summed E-state index contributed by atoms with van der Waals surface area (Å²) in [5.41, 5.74) is 8.66. The third-order valence-electron chi connectivity index (χ3n) is 3.80. The molecule has 0 atom stereocenters. The number of aryl methyl sites for hydroxylation is 1. The number of nitrogens with two attached hydrogens (primary N) is 1. The van der Waals surface area contributed by atoms with Gasteiger partial charge in [-0.2, -0.15) is 0 Å². The maximum Gasteiger partial charge on any atom is 0.266 e. The van der Waals surface area contributed by atoms with Gasteiger partial charge in [0.05, 0.1) is 6.20 Å². The Hall–Kier alpha value is -3.41. The number of anilines is 1. The summed E-state index contributed by atoms with van der Waals surface area (Å²) in [6.07, 6.45) is 2.22. The number of carbonyl (C=O) groups is 2. The van der Waals surface area contributed by atoms with E-state index >= 15 is 0 Å². The molecule has 0 aliphatic carbocycles. The third-order valence-corrected chi connectivity index (χ3v) is 3.80. The Kier molecular flexibility index (Phi) is 4.89. The zero-order chi connectivity index (χ0) is 17.6. The number of H-pyrrole nitrogens is 1. The summed E-state index contributed by atoms with van der Waals surface area (Å²) in [6.45, 7) is 0. The van der Waals surface area contributed by atoms with Crippen LogP contribution >= 0.6 is 0 Å². The van der Waals surface area contributed by atoms with E-state index in [1.807, 2.05) is 42.5 Å². The second-order valence-corrected chi connectivity index (χ2v) is 5.62. The maximum absolute atomic E-state index is 12.0. The summed E-state index contributed by atoms with van der Waals surface area (Å²) in [5.74, 6) is -0.581. The number of benzene rings is 2. The van der Waals surface area contributed by atoms with Crippen LogP contribution in [0.4, 0.5) is 5.95 Å². The topological polar surface area (TPSA) is 101 Å². The Morgan fingerprint density at radius 3 is 2.32 bits per heavy atom. The first kappa shape index (κ1) is 16.4. The molecule has 6 nitrogen and oxygen atoms in total. The van der Waals surface area contributed by atoms with Crippen LogP contribution < -0.4 is 11.1 Å². The number of amides is 2. The van der Waals surface area contributed by atoms with Crippen molar-refractivity contribution in [2.24, 2.45) is 5.73 Å². The van der Waals surface area contributed by atoms with Crippen molar-refractivity contribution in [3.8, 4) is 11.1 Å². The van der Waals surface area contributed by atoms with Crippen LogP contribution in [0.1, 0.15) is 22.5 Å². The average Bonchev–Trinajstić information content (AvgIpc) is 3.10. The highest BCUT2D eigenvalue weighted by atomic mass is 16.2. The molecule has 0 aliphatic heterocycles. The summed E-state index contributed by atoms with van der Waals surface area (Å²) < 4.78 is 0. The monoisotopic (exact) mass is 334 g/mol. The lowest BCUT2D eigenvalue weighted by molar-refractivity contribution is -0.116. The van der Waals surface area contributed by atoms with Crippen molar-refractivity contribution in [1.29, 1.82) is 0 Å². The minimum Gasteiger partial charge on any atom is -0.364 e. The molecule has 0 saturated heterocycles. The van der Waals surface area contributed by atoms with Crippen molar-refractivity contribution in [1.82, 2.24) is 9.97 Å². The molecule has 0 aliphatic rings. The Morgan fingerprint density at radius 2 is 1.68 bits per heavy atom. The molecule has 0 fully saturated rings. The lowest BCUT2D eigenvalue weighted by Gasteiger charge is -2.05. The first-order valence-corrected chi connectivity index (χ1v) is 7.91. The highest BCUT2D eigenvalue weighted by Gasteiger charge is 2.09. The predicted octanol–water partition coefficient (Wildman–Crippen LogP) is 2.75.